The van der Waals surface area contributed by atoms with Gasteiger partial charge in [-0.05, 0) is 81.4 Å². The molecule has 0 amide bonds. The van der Waals surface area contributed by atoms with E-state index in [1.165, 1.54) is 69.8 Å². The summed E-state index contributed by atoms with van der Waals surface area (Å²) < 4.78 is 11.5. The fraction of sp³-hybridized carbons (Fsp3) is 0.759. The zero-order chi connectivity index (χ0) is 22.8. The van der Waals surface area contributed by atoms with Crippen LogP contribution < -0.4 is 4.74 Å². The third-order valence-electron chi connectivity index (χ3n) is 8.08. The van der Waals surface area contributed by atoms with Crippen molar-refractivity contribution in [3.05, 3.63) is 29.8 Å². The summed E-state index contributed by atoms with van der Waals surface area (Å²) in [7, 11) is 0. The standard InChI is InChI=1S/C29H46O3/c1-4-6-7-8-9-11-23-13-15-24(16-14-23)25-17-19-26(20-18-25)31-21-10-12-27-22-29(3,5-2)28(30)32-27/h17-20,23-24,27H,4-16,21-22H2,1-3H3. The first-order valence-electron chi connectivity index (χ1n) is 13.5. The van der Waals surface area contributed by atoms with Gasteiger partial charge in [0.2, 0.25) is 0 Å². The second-order valence-electron chi connectivity index (χ2n) is 10.6. The van der Waals surface area contributed by atoms with Crippen LogP contribution in [-0.4, -0.2) is 18.7 Å². The lowest BCUT2D eigenvalue weighted by molar-refractivity contribution is -0.148. The van der Waals surface area contributed by atoms with Crippen LogP contribution in [0.3, 0.4) is 0 Å². The largest absolute Gasteiger partial charge is 0.494 e. The van der Waals surface area contributed by atoms with Gasteiger partial charge in [0.05, 0.1) is 12.0 Å². The maximum absolute atomic E-state index is 12.0. The van der Waals surface area contributed by atoms with Gasteiger partial charge in [-0.1, -0.05) is 64.5 Å². The molecule has 180 valence electrons. The van der Waals surface area contributed by atoms with E-state index < -0.39 is 0 Å². The number of benzene rings is 1. The average Bonchev–Trinajstić information content (AvgIpc) is 3.11. The van der Waals surface area contributed by atoms with Crippen LogP contribution in [0.5, 0.6) is 5.75 Å². The van der Waals surface area contributed by atoms with E-state index >= 15 is 0 Å². The number of ether oxygens (including phenoxy) is 2. The lowest BCUT2D eigenvalue weighted by Crippen LogP contribution is -2.20. The number of unbranched alkanes of at least 4 members (excludes halogenated alkanes) is 4. The first kappa shape index (κ1) is 25.1. The Hall–Kier alpha value is -1.51. The van der Waals surface area contributed by atoms with Crippen molar-refractivity contribution in [1.29, 1.82) is 0 Å². The van der Waals surface area contributed by atoms with Crippen molar-refractivity contribution in [2.45, 2.75) is 123 Å². The molecule has 1 aliphatic carbocycles. The van der Waals surface area contributed by atoms with Gasteiger partial charge in [-0.25, -0.2) is 0 Å². The van der Waals surface area contributed by atoms with E-state index in [1.54, 1.807) is 0 Å². The van der Waals surface area contributed by atoms with E-state index in [2.05, 4.69) is 38.1 Å². The highest BCUT2D eigenvalue weighted by Crippen LogP contribution is 2.39. The molecule has 0 spiro atoms. The van der Waals surface area contributed by atoms with Crippen molar-refractivity contribution >= 4 is 5.97 Å². The third kappa shape index (κ3) is 7.25. The van der Waals surface area contributed by atoms with E-state index in [9.17, 15) is 4.79 Å². The van der Waals surface area contributed by atoms with Gasteiger partial charge >= 0.3 is 5.97 Å². The first-order chi connectivity index (χ1) is 15.5. The predicted molar refractivity (Wildman–Crippen MR) is 132 cm³/mol. The molecule has 3 rings (SSSR count). The molecule has 3 nitrogen and oxygen atoms in total. The fourth-order valence-corrected chi connectivity index (χ4v) is 5.53. The summed E-state index contributed by atoms with van der Waals surface area (Å²) in [6.45, 7) is 7.06. The van der Waals surface area contributed by atoms with Gasteiger partial charge in [0.15, 0.2) is 0 Å². The summed E-state index contributed by atoms with van der Waals surface area (Å²) in [6.07, 6.45) is 17.5. The number of hydrogen-bond acceptors (Lipinski definition) is 3. The Morgan fingerprint density at radius 1 is 0.938 bits per heavy atom. The van der Waals surface area contributed by atoms with E-state index in [1.807, 2.05) is 6.92 Å². The smallest absolute Gasteiger partial charge is 0.312 e. The molecule has 1 aromatic carbocycles. The van der Waals surface area contributed by atoms with Gasteiger partial charge in [0.1, 0.15) is 11.9 Å². The zero-order valence-corrected chi connectivity index (χ0v) is 20.9. The lowest BCUT2D eigenvalue weighted by atomic mass is 9.77. The minimum atomic E-state index is -0.283. The summed E-state index contributed by atoms with van der Waals surface area (Å²) in [6, 6.07) is 8.82. The maximum atomic E-state index is 12.0. The van der Waals surface area contributed by atoms with Crippen LogP contribution in [0.25, 0.3) is 0 Å². The summed E-state index contributed by atoms with van der Waals surface area (Å²) in [5, 5.41) is 0. The second kappa shape index (κ2) is 12.7. The van der Waals surface area contributed by atoms with Gasteiger partial charge < -0.3 is 9.47 Å². The van der Waals surface area contributed by atoms with Gasteiger partial charge in [-0.3, -0.25) is 4.79 Å². The number of cyclic esters (lactones) is 1. The highest BCUT2D eigenvalue weighted by Gasteiger charge is 2.43. The molecular weight excluding hydrogens is 396 g/mol. The molecule has 0 aromatic heterocycles. The Morgan fingerprint density at radius 3 is 2.31 bits per heavy atom. The van der Waals surface area contributed by atoms with E-state index in [0.717, 1.165) is 43.3 Å². The van der Waals surface area contributed by atoms with Crippen molar-refractivity contribution in [3.8, 4) is 5.75 Å². The van der Waals surface area contributed by atoms with E-state index in [0.29, 0.717) is 6.61 Å². The fourth-order valence-electron chi connectivity index (χ4n) is 5.53. The number of hydrogen-bond donors (Lipinski definition) is 0. The Labute approximate surface area is 196 Å². The summed E-state index contributed by atoms with van der Waals surface area (Å²) in [5.41, 5.74) is 1.20. The van der Waals surface area contributed by atoms with Crippen LogP contribution in [0.15, 0.2) is 24.3 Å². The van der Waals surface area contributed by atoms with Crippen LogP contribution in [0.2, 0.25) is 0 Å². The Balaban J connectivity index is 1.30. The van der Waals surface area contributed by atoms with Crippen LogP contribution in [0, 0.1) is 11.3 Å². The first-order valence-corrected chi connectivity index (χ1v) is 13.5. The number of esters is 1. The van der Waals surface area contributed by atoms with Gasteiger partial charge in [0, 0.05) is 6.42 Å². The van der Waals surface area contributed by atoms with E-state index in [4.69, 9.17) is 9.47 Å². The average molecular weight is 443 g/mol. The van der Waals surface area contributed by atoms with Crippen molar-refractivity contribution in [1.82, 2.24) is 0 Å². The molecule has 0 bridgehead atoms. The molecule has 1 saturated heterocycles. The third-order valence-corrected chi connectivity index (χ3v) is 8.08. The quantitative estimate of drug-likeness (QED) is 0.228. The molecule has 1 aromatic rings. The molecule has 1 aliphatic heterocycles. The summed E-state index contributed by atoms with van der Waals surface area (Å²) in [5.74, 6) is 2.62. The molecule has 1 heterocycles. The Bertz CT molecular complexity index is 674. The van der Waals surface area contributed by atoms with Crippen LogP contribution >= 0.6 is 0 Å². The van der Waals surface area contributed by atoms with Crippen LogP contribution in [0.1, 0.15) is 122 Å². The molecule has 32 heavy (non-hydrogen) atoms. The summed E-state index contributed by atoms with van der Waals surface area (Å²) >= 11 is 0. The van der Waals surface area contributed by atoms with Crippen LogP contribution in [-0.2, 0) is 9.53 Å². The van der Waals surface area contributed by atoms with Gasteiger partial charge in [-0.2, -0.15) is 0 Å². The van der Waals surface area contributed by atoms with Crippen molar-refractivity contribution in [2.24, 2.45) is 11.3 Å². The Morgan fingerprint density at radius 2 is 1.66 bits per heavy atom. The van der Waals surface area contributed by atoms with Crippen molar-refractivity contribution in [3.63, 3.8) is 0 Å². The number of rotatable bonds is 13. The predicted octanol–water partition coefficient (Wildman–Crippen LogP) is 8.21. The van der Waals surface area contributed by atoms with Crippen LogP contribution in [0.4, 0.5) is 0 Å². The maximum Gasteiger partial charge on any atom is 0.312 e. The SMILES string of the molecule is CCCCCCCC1CCC(c2ccc(OCCCC3CC(C)(CC)C(=O)O3)cc2)CC1. The highest BCUT2D eigenvalue weighted by molar-refractivity contribution is 5.78. The molecule has 0 N–H and O–H groups in total. The minimum absolute atomic E-state index is 0.0254. The molecule has 3 heteroatoms. The monoisotopic (exact) mass is 442 g/mol. The lowest BCUT2D eigenvalue weighted by Gasteiger charge is -2.29. The second-order valence-corrected chi connectivity index (χ2v) is 10.6. The summed E-state index contributed by atoms with van der Waals surface area (Å²) in [4.78, 5) is 12.0. The minimum Gasteiger partial charge on any atom is -0.494 e. The van der Waals surface area contributed by atoms with Gasteiger partial charge in [0.25, 0.3) is 0 Å². The molecule has 2 atom stereocenters. The van der Waals surface area contributed by atoms with Gasteiger partial charge in [-0.15, -0.1) is 0 Å². The molecule has 2 unspecified atom stereocenters. The highest BCUT2D eigenvalue weighted by atomic mass is 16.6. The van der Waals surface area contributed by atoms with Crippen molar-refractivity contribution in [2.75, 3.05) is 6.61 Å². The number of carbonyl (C=O) groups is 1. The molecule has 1 saturated carbocycles. The molecular formula is C29H46O3. The molecule has 2 fully saturated rings. The van der Waals surface area contributed by atoms with E-state index in [-0.39, 0.29) is 17.5 Å². The number of carbonyl (C=O) groups excluding carboxylic acids is 1. The topological polar surface area (TPSA) is 35.5 Å². The molecule has 0 radical (unpaired) electrons. The van der Waals surface area contributed by atoms with Crippen molar-refractivity contribution < 1.29 is 14.3 Å². The normalized spacial score (nSPS) is 28.0. The zero-order valence-electron chi connectivity index (χ0n) is 20.9. The Kier molecular flexibility index (Phi) is 9.93. The molecule has 2 aliphatic rings.